The third-order valence-corrected chi connectivity index (χ3v) is 4.30. The van der Waals surface area contributed by atoms with Crippen LogP contribution in [-0.2, 0) is 9.53 Å². The highest BCUT2D eigenvalue weighted by atomic mass is 32.2. The highest BCUT2D eigenvalue weighted by Crippen LogP contribution is 2.26. The predicted octanol–water partition coefficient (Wildman–Crippen LogP) is 4.02. The molecule has 0 radical (unpaired) electrons. The standard InChI is InChI=1S/C18H16F3NO4S/c1-9(17(23)22-13-7-6-12(19)15(20)16(13)21)26-18(24)11-5-4-10(27-3)8-14(11)25-2/h4-9H,1-3H3,(H,22,23). The Kier molecular flexibility index (Phi) is 6.73. The smallest absolute Gasteiger partial charge is 0.342 e. The number of thioether (sulfide) groups is 1. The molecule has 144 valence electrons. The van der Waals surface area contributed by atoms with Gasteiger partial charge in [0.25, 0.3) is 5.91 Å². The molecule has 0 aliphatic rings. The summed E-state index contributed by atoms with van der Waals surface area (Å²) in [6, 6.07) is 6.35. The van der Waals surface area contributed by atoms with Gasteiger partial charge in [-0.05, 0) is 43.5 Å². The van der Waals surface area contributed by atoms with Gasteiger partial charge in [0.15, 0.2) is 23.6 Å². The molecule has 5 nitrogen and oxygen atoms in total. The van der Waals surface area contributed by atoms with E-state index in [1.165, 1.54) is 31.9 Å². The second kappa shape index (κ2) is 8.81. The monoisotopic (exact) mass is 399 g/mol. The molecule has 1 N–H and O–H groups in total. The van der Waals surface area contributed by atoms with E-state index in [0.717, 1.165) is 11.0 Å². The first-order chi connectivity index (χ1) is 12.8. The lowest BCUT2D eigenvalue weighted by Crippen LogP contribution is -2.30. The number of methoxy groups -OCH3 is 1. The van der Waals surface area contributed by atoms with E-state index < -0.39 is 41.1 Å². The average Bonchev–Trinajstić information content (AvgIpc) is 2.67. The average molecular weight is 399 g/mol. The summed E-state index contributed by atoms with van der Waals surface area (Å²) in [5.41, 5.74) is -0.460. The third-order valence-electron chi connectivity index (χ3n) is 3.57. The number of rotatable bonds is 6. The lowest BCUT2D eigenvalue weighted by Gasteiger charge is -2.15. The summed E-state index contributed by atoms with van der Waals surface area (Å²) in [4.78, 5) is 25.2. The largest absolute Gasteiger partial charge is 0.496 e. The van der Waals surface area contributed by atoms with Crippen molar-refractivity contribution < 1.29 is 32.2 Å². The summed E-state index contributed by atoms with van der Waals surface area (Å²) in [5, 5.41) is 2.05. The summed E-state index contributed by atoms with van der Waals surface area (Å²) < 4.78 is 50.0. The van der Waals surface area contributed by atoms with Crippen LogP contribution in [0.2, 0.25) is 0 Å². The second-order valence-corrected chi connectivity index (χ2v) is 6.21. The van der Waals surface area contributed by atoms with Crippen molar-refractivity contribution in [1.82, 2.24) is 0 Å². The number of nitrogens with one attached hydrogen (secondary N) is 1. The molecular weight excluding hydrogens is 383 g/mol. The zero-order chi connectivity index (χ0) is 20.1. The minimum absolute atomic E-state index is 0.106. The lowest BCUT2D eigenvalue weighted by atomic mass is 10.2. The van der Waals surface area contributed by atoms with Crippen LogP contribution in [0.1, 0.15) is 17.3 Å². The Labute approximate surface area is 157 Å². The van der Waals surface area contributed by atoms with E-state index in [9.17, 15) is 22.8 Å². The first-order valence-corrected chi connectivity index (χ1v) is 8.88. The summed E-state index contributed by atoms with van der Waals surface area (Å²) in [5.74, 6) is -6.11. The lowest BCUT2D eigenvalue weighted by molar-refractivity contribution is -0.123. The maximum Gasteiger partial charge on any atom is 0.342 e. The summed E-state index contributed by atoms with van der Waals surface area (Å²) >= 11 is 1.45. The van der Waals surface area contributed by atoms with Crippen LogP contribution in [0.4, 0.5) is 18.9 Å². The van der Waals surface area contributed by atoms with Gasteiger partial charge in [0.2, 0.25) is 0 Å². The summed E-state index contributed by atoms with van der Waals surface area (Å²) in [7, 11) is 1.39. The molecule has 2 rings (SSSR count). The first-order valence-electron chi connectivity index (χ1n) is 7.65. The van der Waals surface area contributed by atoms with E-state index in [1.54, 1.807) is 12.1 Å². The summed E-state index contributed by atoms with van der Waals surface area (Å²) in [6.45, 7) is 1.26. The second-order valence-electron chi connectivity index (χ2n) is 5.33. The molecule has 1 atom stereocenters. The molecule has 0 spiro atoms. The molecule has 0 aromatic heterocycles. The van der Waals surface area contributed by atoms with Crippen LogP contribution in [-0.4, -0.2) is 31.3 Å². The topological polar surface area (TPSA) is 64.6 Å². The highest BCUT2D eigenvalue weighted by Gasteiger charge is 2.23. The van der Waals surface area contributed by atoms with Gasteiger partial charge in [0, 0.05) is 4.90 Å². The minimum Gasteiger partial charge on any atom is -0.496 e. The Hall–Kier alpha value is -2.68. The number of benzene rings is 2. The molecule has 1 amide bonds. The van der Waals surface area contributed by atoms with Crippen molar-refractivity contribution in [2.24, 2.45) is 0 Å². The number of ether oxygens (including phenoxy) is 2. The maximum atomic E-state index is 13.6. The fourth-order valence-corrected chi connectivity index (χ4v) is 2.53. The maximum absolute atomic E-state index is 13.6. The number of hydrogen-bond donors (Lipinski definition) is 1. The van der Waals surface area contributed by atoms with E-state index in [4.69, 9.17) is 9.47 Å². The molecule has 0 aliphatic heterocycles. The van der Waals surface area contributed by atoms with Gasteiger partial charge in [-0.1, -0.05) is 0 Å². The van der Waals surface area contributed by atoms with E-state index in [-0.39, 0.29) is 11.3 Å². The van der Waals surface area contributed by atoms with Crippen LogP contribution in [0.15, 0.2) is 35.2 Å². The SMILES string of the molecule is COc1cc(SC)ccc1C(=O)OC(C)C(=O)Nc1ccc(F)c(F)c1F. The molecular formula is C18H16F3NO4S. The summed E-state index contributed by atoms with van der Waals surface area (Å²) in [6.07, 6.45) is 0.534. The van der Waals surface area contributed by atoms with Gasteiger partial charge < -0.3 is 14.8 Å². The van der Waals surface area contributed by atoms with Crippen LogP contribution in [0.25, 0.3) is 0 Å². The van der Waals surface area contributed by atoms with E-state index >= 15 is 0 Å². The number of hydrogen-bond acceptors (Lipinski definition) is 5. The normalized spacial score (nSPS) is 11.6. The van der Waals surface area contributed by atoms with Crippen molar-refractivity contribution >= 4 is 29.3 Å². The molecule has 2 aromatic carbocycles. The van der Waals surface area contributed by atoms with Gasteiger partial charge in [0.1, 0.15) is 11.3 Å². The van der Waals surface area contributed by atoms with Gasteiger partial charge in [-0.2, -0.15) is 0 Å². The molecule has 1 unspecified atom stereocenters. The van der Waals surface area contributed by atoms with Gasteiger partial charge in [-0.25, -0.2) is 18.0 Å². The molecule has 0 saturated carbocycles. The number of halogens is 3. The Bertz CT molecular complexity index is 876. The highest BCUT2D eigenvalue weighted by molar-refractivity contribution is 7.98. The number of amides is 1. The third kappa shape index (κ3) is 4.73. The molecule has 0 bridgehead atoms. The molecule has 0 aliphatic carbocycles. The van der Waals surface area contributed by atoms with Crippen LogP contribution in [0.3, 0.4) is 0 Å². The Morgan fingerprint density at radius 3 is 2.44 bits per heavy atom. The van der Waals surface area contributed by atoms with Gasteiger partial charge in [0.05, 0.1) is 12.8 Å². The fourth-order valence-electron chi connectivity index (χ4n) is 2.10. The zero-order valence-electron chi connectivity index (χ0n) is 14.6. The minimum atomic E-state index is -1.71. The van der Waals surface area contributed by atoms with Crippen LogP contribution in [0.5, 0.6) is 5.75 Å². The van der Waals surface area contributed by atoms with Crippen LogP contribution in [0, 0.1) is 17.5 Å². The van der Waals surface area contributed by atoms with Crippen molar-refractivity contribution in [3.8, 4) is 5.75 Å². The Balaban J connectivity index is 2.10. The van der Waals surface area contributed by atoms with Crippen molar-refractivity contribution in [3.63, 3.8) is 0 Å². The van der Waals surface area contributed by atoms with Crippen molar-refractivity contribution in [1.29, 1.82) is 0 Å². The zero-order valence-corrected chi connectivity index (χ0v) is 15.5. The first kappa shape index (κ1) is 20.6. The van der Waals surface area contributed by atoms with E-state index in [0.29, 0.717) is 6.07 Å². The number of carbonyl (C=O) groups is 2. The van der Waals surface area contributed by atoms with Gasteiger partial charge in [-0.15, -0.1) is 11.8 Å². The number of anilines is 1. The Morgan fingerprint density at radius 2 is 1.81 bits per heavy atom. The van der Waals surface area contributed by atoms with Gasteiger partial charge >= 0.3 is 5.97 Å². The molecule has 0 saturated heterocycles. The van der Waals surface area contributed by atoms with Crippen molar-refractivity contribution in [3.05, 3.63) is 53.3 Å². The van der Waals surface area contributed by atoms with Crippen molar-refractivity contribution in [2.45, 2.75) is 17.9 Å². The molecule has 0 fully saturated rings. The molecule has 0 heterocycles. The Morgan fingerprint density at radius 1 is 1.11 bits per heavy atom. The quantitative estimate of drug-likeness (QED) is 0.452. The van der Waals surface area contributed by atoms with Crippen molar-refractivity contribution in [2.75, 3.05) is 18.7 Å². The van der Waals surface area contributed by atoms with Gasteiger partial charge in [-0.3, -0.25) is 4.79 Å². The van der Waals surface area contributed by atoms with Crippen LogP contribution < -0.4 is 10.1 Å². The predicted molar refractivity (Wildman–Crippen MR) is 94.6 cm³/mol. The van der Waals surface area contributed by atoms with E-state index in [2.05, 4.69) is 0 Å². The number of carbonyl (C=O) groups excluding carboxylic acids is 2. The molecule has 27 heavy (non-hydrogen) atoms. The number of esters is 1. The molecule has 9 heteroatoms. The van der Waals surface area contributed by atoms with E-state index in [1.807, 2.05) is 11.6 Å². The van der Waals surface area contributed by atoms with Crippen LogP contribution >= 0.6 is 11.8 Å². The molecule has 2 aromatic rings. The fraction of sp³-hybridized carbons (Fsp3) is 0.222.